The molecule has 8 nitrogen and oxygen atoms in total. The van der Waals surface area contributed by atoms with Crippen molar-refractivity contribution < 1.29 is 18.1 Å². The second kappa shape index (κ2) is 8.52. The first-order chi connectivity index (χ1) is 14.1. The maximum absolute atomic E-state index is 13.3. The normalized spacial score (nSPS) is 15.0. The van der Waals surface area contributed by atoms with Gasteiger partial charge in [0.2, 0.25) is 11.8 Å². The first-order valence-corrected chi connectivity index (χ1v) is 9.57. The van der Waals surface area contributed by atoms with Crippen molar-refractivity contribution in [3.05, 3.63) is 53.4 Å². The van der Waals surface area contributed by atoms with Crippen LogP contribution in [0, 0.1) is 12.7 Å². The van der Waals surface area contributed by atoms with Gasteiger partial charge in [-0.3, -0.25) is 9.69 Å². The number of rotatable bonds is 6. The average Bonchev–Trinajstić information content (AvgIpc) is 3.35. The number of carbonyl (C=O) groups excluding carboxylic acids is 1. The molecule has 0 spiro atoms. The third kappa shape index (κ3) is 4.86. The minimum Gasteiger partial charge on any atom is -0.419 e. The van der Waals surface area contributed by atoms with Gasteiger partial charge in [0.1, 0.15) is 11.6 Å². The molecule has 0 saturated carbocycles. The smallest absolute Gasteiger partial charge is 0.269 e. The second-order valence-electron chi connectivity index (χ2n) is 7.11. The van der Waals surface area contributed by atoms with Gasteiger partial charge in [-0.05, 0) is 24.6 Å². The number of benzene rings is 1. The summed E-state index contributed by atoms with van der Waals surface area (Å²) in [7, 11) is 0. The van der Waals surface area contributed by atoms with Crippen molar-refractivity contribution in [2.75, 3.05) is 26.2 Å². The van der Waals surface area contributed by atoms with Gasteiger partial charge in [-0.15, -0.1) is 10.2 Å². The van der Waals surface area contributed by atoms with Crippen LogP contribution in [-0.4, -0.2) is 57.2 Å². The molecule has 4 rings (SSSR count). The van der Waals surface area contributed by atoms with Crippen LogP contribution in [-0.2, 0) is 17.8 Å². The Balaban J connectivity index is 1.23. The summed E-state index contributed by atoms with van der Waals surface area (Å²) in [6, 6.07) is 8.35. The number of aromatic nitrogens is 3. The van der Waals surface area contributed by atoms with Gasteiger partial charge in [0.05, 0.1) is 0 Å². The van der Waals surface area contributed by atoms with Crippen molar-refractivity contribution in [3.8, 4) is 11.6 Å². The average molecular weight is 399 g/mol. The molecule has 1 aliphatic heterocycles. The van der Waals surface area contributed by atoms with E-state index in [1.54, 1.807) is 25.1 Å². The SMILES string of the molecule is Cc1cc(-c2nnc(CCC(=O)N3CCN(Cc4cccc(F)c4)CC3)o2)no1. The molecule has 0 atom stereocenters. The lowest BCUT2D eigenvalue weighted by atomic mass is 10.2. The van der Waals surface area contributed by atoms with Crippen molar-refractivity contribution in [2.45, 2.75) is 26.3 Å². The number of hydrogen-bond donors (Lipinski definition) is 0. The number of hydrogen-bond acceptors (Lipinski definition) is 7. The lowest BCUT2D eigenvalue weighted by Gasteiger charge is -2.34. The molecule has 1 amide bonds. The molecule has 1 aliphatic rings. The molecule has 9 heteroatoms. The molecule has 29 heavy (non-hydrogen) atoms. The molecule has 0 aliphatic carbocycles. The van der Waals surface area contributed by atoms with Crippen LogP contribution < -0.4 is 0 Å². The minimum atomic E-state index is -0.223. The van der Waals surface area contributed by atoms with Crippen LogP contribution in [0.3, 0.4) is 0 Å². The van der Waals surface area contributed by atoms with Gasteiger partial charge in [0.15, 0.2) is 5.69 Å². The summed E-state index contributed by atoms with van der Waals surface area (Å²) < 4.78 is 23.9. The fourth-order valence-electron chi connectivity index (χ4n) is 3.35. The van der Waals surface area contributed by atoms with E-state index < -0.39 is 0 Å². The number of amides is 1. The summed E-state index contributed by atoms with van der Waals surface area (Å²) in [6.07, 6.45) is 0.690. The highest BCUT2D eigenvalue weighted by Gasteiger charge is 2.22. The molecular weight excluding hydrogens is 377 g/mol. The zero-order chi connectivity index (χ0) is 20.2. The highest BCUT2D eigenvalue weighted by atomic mass is 19.1. The third-order valence-corrected chi connectivity index (χ3v) is 4.89. The quantitative estimate of drug-likeness (QED) is 0.629. The number of halogens is 1. The first-order valence-electron chi connectivity index (χ1n) is 9.57. The lowest BCUT2D eigenvalue weighted by Crippen LogP contribution is -2.48. The van der Waals surface area contributed by atoms with E-state index in [1.807, 2.05) is 11.0 Å². The van der Waals surface area contributed by atoms with Crippen LogP contribution in [0.4, 0.5) is 4.39 Å². The van der Waals surface area contributed by atoms with Gasteiger partial charge in [-0.1, -0.05) is 17.3 Å². The molecule has 1 aromatic carbocycles. The number of carbonyl (C=O) groups is 1. The van der Waals surface area contributed by atoms with Gasteiger partial charge in [0.25, 0.3) is 5.89 Å². The van der Waals surface area contributed by atoms with Gasteiger partial charge < -0.3 is 13.8 Å². The van der Waals surface area contributed by atoms with Crippen molar-refractivity contribution >= 4 is 5.91 Å². The van der Waals surface area contributed by atoms with E-state index in [9.17, 15) is 9.18 Å². The summed E-state index contributed by atoms with van der Waals surface area (Å²) in [5.74, 6) is 1.19. The molecule has 0 radical (unpaired) electrons. The first kappa shape index (κ1) is 19.3. The Morgan fingerprint density at radius 1 is 1.17 bits per heavy atom. The molecule has 0 unspecified atom stereocenters. The molecule has 0 bridgehead atoms. The summed E-state index contributed by atoms with van der Waals surface area (Å²) in [4.78, 5) is 16.6. The van der Waals surface area contributed by atoms with E-state index in [-0.39, 0.29) is 17.6 Å². The summed E-state index contributed by atoms with van der Waals surface area (Å²) in [6.45, 7) is 5.30. The van der Waals surface area contributed by atoms with Crippen molar-refractivity contribution in [1.82, 2.24) is 25.2 Å². The predicted octanol–water partition coefficient (Wildman–Crippen LogP) is 2.45. The Bertz CT molecular complexity index is 978. The topological polar surface area (TPSA) is 88.5 Å². The number of nitrogens with zero attached hydrogens (tertiary/aromatic N) is 5. The fraction of sp³-hybridized carbons (Fsp3) is 0.400. The highest BCUT2D eigenvalue weighted by Crippen LogP contribution is 2.18. The van der Waals surface area contributed by atoms with Gasteiger partial charge in [-0.25, -0.2) is 4.39 Å². The Hall–Kier alpha value is -3.07. The van der Waals surface area contributed by atoms with Crippen LogP contribution in [0.15, 0.2) is 39.3 Å². The summed E-state index contributed by atoms with van der Waals surface area (Å²) >= 11 is 0. The van der Waals surface area contributed by atoms with Crippen molar-refractivity contribution in [2.24, 2.45) is 0 Å². The lowest BCUT2D eigenvalue weighted by molar-refractivity contribution is -0.133. The fourth-order valence-corrected chi connectivity index (χ4v) is 3.35. The van der Waals surface area contributed by atoms with Crippen LogP contribution in [0.2, 0.25) is 0 Å². The van der Waals surface area contributed by atoms with Gasteiger partial charge in [0, 0.05) is 51.6 Å². The molecule has 3 heterocycles. The minimum absolute atomic E-state index is 0.0624. The second-order valence-corrected chi connectivity index (χ2v) is 7.11. The number of piperazine rings is 1. The van der Waals surface area contributed by atoms with Crippen molar-refractivity contribution in [3.63, 3.8) is 0 Å². The van der Waals surface area contributed by atoms with Crippen molar-refractivity contribution in [1.29, 1.82) is 0 Å². The molecule has 3 aromatic rings. The summed E-state index contributed by atoms with van der Waals surface area (Å²) in [5, 5.41) is 11.8. The molecule has 2 aromatic heterocycles. The van der Waals surface area contributed by atoms with Crippen LogP contribution in [0.25, 0.3) is 11.6 Å². The molecule has 1 saturated heterocycles. The maximum Gasteiger partial charge on any atom is 0.269 e. The largest absolute Gasteiger partial charge is 0.419 e. The monoisotopic (exact) mass is 399 g/mol. The van der Waals surface area contributed by atoms with E-state index in [0.29, 0.717) is 49.8 Å². The van der Waals surface area contributed by atoms with Crippen LogP contribution in [0.5, 0.6) is 0 Å². The van der Waals surface area contributed by atoms with Gasteiger partial charge >= 0.3 is 0 Å². The summed E-state index contributed by atoms with van der Waals surface area (Å²) in [5.41, 5.74) is 1.43. The van der Waals surface area contributed by atoms with Crippen LogP contribution in [0.1, 0.15) is 23.6 Å². The van der Waals surface area contributed by atoms with E-state index >= 15 is 0 Å². The number of aryl methyl sites for hydroxylation is 2. The highest BCUT2D eigenvalue weighted by molar-refractivity contribution is 5.76. The van der Waals surface area contributed by atoms with E-state index in [1.165, 1.54) is 6.07 Å². The Labute approximate surface area is 167 Å². The molecular formula is C20H22FN5O3. The van der Waals surface area contributed by atoms with E-state index in [4.69, 9.17) is 8.94 Å². The van der Waals surface area contributed by atoms with E-state index in [0.717, 1.165) is 18.7 Å². The zero-order valence-electron chi connectivity index (χ0n) is 16.2. The third-order valence-electron chi connectivity index (χ3n) is 4.89. The molecule has 1 fully saturated rings. The van der Waals surface area contributed by atoms with Gasteiger partial charge in [-0.2, -0.15) is 0 Å². The predicted molar refractivity (Wildman–Crippen MR) is 101 cm³/mol. The Morgan fingerprint density at radius 2 is 2.00 bits per heavy atom. The Morgan fingerprint density at radius 3 is 2.72 bits per heavy atom. The maximum atomic E-state index is 13.3. The van der Waals surface area contributed by atoms with Crippen LogP contribution >= 0.6 is 0 Å². The molecule has 0 N–H and O–H groups in total. The van der Waals surface area contributed by atoms with E-state index in [2.05, 4.69) is 20.3 Å². The zero-order valence-corrected chi connectivity index (χ0v) is 16.2. The molecule has 152 valence electrons. The standard InChI is InChI=1S/C20H22FN5O3/c1-14-11-17(24-29-14)20-23-22-18(28-20)5-6-19(27)26-9-7-25(8-10-26)13-15-3-2-4-16(21)12-15/h2-4,11-12H,5-10,13H2,1H3. The Kier molecular flexibility index (Phi) is 5.66.